The lowest BCUT2D eigenvalue weighted by Gasteiger charge is -2.13. The third-order valence-electron chi connectivity index (χ3n) is 4.32. The van der Waals surface area contributed by atoms with Crippen LogP contribution in [0.3, 0.4) is 0 Å². The Hall–Kier alpha value is -3.55. The predicted octanol–water partition coefficient (Wildman–Crippen LogP) is 2.39. The van der Waals surface area contributed by atoms with Crippen LogP contribution in [0.4, 0.5) is 5.69 Å². The van der Waals surface area contributed by atoms with Crippen LogP contribution in [0.1, 0.15) is 33.6 Å². The van der Waals surface area contributed by atoms with E-state index in [1.54, 1.807) is 36.4 Å². The lowest BCUT2D eigenvalue weighted by atomic mass is 10.1. The molecule has 29 heavy (non-hydrogen) atoms. The maximum Gasteiger partial charge on any atom is 0.342 e. The first-order valence-corrected chi connectivity index (χ1v) is 9.11. The highest BCUT2D eigenvalue weighted by molar-refractivity contribution is 6.04. The molecule has 0 saturated heterocycles. The number of methoxy groups -OCH3 is 2. The molecule has 2 aromatic carbocycles. The van der Waals surface area contributed by atoms with Crippen LogP contribution in [0, 0.1) is 0 Å². The first-order chi connectivity index (χ1) is 14.0. The number of hydrogen-bond donors (Lipinski definition) is 2. The molecule has 2 aromatic rings. The van der Waals surface area contributed by atoms with Gasteiger partial charge in [0.1, 0.15) is 5.56 Å². The minimum atomic E-state index is -0.726. The summed E-state index contributed by atoms with van der Waals surface area (Å²) < 4.78 is 15.4. The van der Waals surface area contributed by atoms with Crippen molar-refractivity contribution in [1.82, 2.24) is 5.32 Å². The summed E-state index contributed by atoms with van der Waals surface area (Å²) in [5.41, 5.74) is 0.850. The molecule has 8 heteroatoms. The molecule has 0 heterocycles. The lowest BCUT2D eigenvalue weighted by molar-refractivity contribution is -0.119. The van der Waals surface area contributed by atoms with Crippen molar-refractivity contribution in [3.05, 3.63) is 53.6 Å². The summed E-state index contributed by atoms with van der Waals surface area (Å²) in [5.74, 6) is -0.937. The Balaban J connectivity index is 1.62. The highest BCUT2D eigenvalue weighted by Crippen LogP contribution is 2.31. The third-order valence-corrected chi connectivity index (χ3v) is 4.32. The number of esters is 1. The van der Waals surface area contributed by atoms with Gasteiger partial charge in [0.15, 0.2) is 18.1 Å². The van der Waals surface area contributed by atoms with Crippen LogP contribution in [0.5, 0.6) is 11.5 Å². The van der Waals surface area contributed by atoms with E-state index in [0.29, 0.717) is 17.0 Å². The Bertz CT molecular complexity index is 923. The first-order valence-electron chi connectivity index (χ1n) is 9.11. The fourth-order valence-corrected chi connectivity index (χ4v) is 2.72. The highest BCUT2D eigenvalue weighted by Gasteiger charge is 2.25. The van der Waals surface area contributed by atoms with Gasteiger partial charge < -0.3 is 24.8 Å². The number of nitrogens with one attached hydrogen (secondary N) is 2. The molecule has 1 aliphatic carbocycles. The van der Waals surface area contributed by atoms with E-state index in [4.69, 9.17) is 14.2 Å². The van der Waals surface area contributed by atoms with E-state index in [1.807, 2.05) is 0 Å². The van der Waals surface area contributed by atoms with Gasteiger partial charge in [-0.25, -0.2) is 4.79 Å². The first kappa shape index (κ1) is 20.2. The predicted molar refractivity (Wildman–Crippen MR) is 105 cm³/mol. The van der Waals surface area contributed by atoms with Crippen molar-refractivity contribution in [2.24, 2.45) is 0 Å². The minimum absolute atomic E-state index is 0.142. The quantitative estimate of drug-likeness (QED) is 0.662. The van der Waals surface area contributed by atoms with E-state index in [0.717, 1.165) is 12.8 Å². The average Bonchev–Trinajstić information content (AvgIpc) is 3.55. The smallest absolute Gasteiger partial charge is 0.342 e. The molecule has 0 aromatic heterocycles. The Morgan fingerprint density at radius 1 is 0.966 bits per heavy atom. The molecule has 0 unspecified atom stereocenters. The zero-order valence-electron chi connectivity index (χ0n) is 16.2. The van der Waals surface area contributed by atoms with E-state index in [1.165, 1.54) is 20.3 Å². The van der Waals surface area contributed by atoms with Gasteiger partial charge in [-0.1, -0.05) is 18.2 Å². The summed E-state index contributed by atoms with van der Waals surface area (Å²) in [4.78, 5) is 36.9. The number of hydrogen-bond acceptors (Lipinski definition) is 6. The molecular formula is C21H22N2O6. The van der Waals surface area contributed by atoms with Crippen LogP contribution in [-0.2, 0) is 9.53 Å². The molecular weight excluding hydrogens is 376 g/mol. The maximum absolute atomic E-state index is 12.4. The van der Waals surface area contributed by atoms with Gasteiger partial charge >= 0.3 is 5.97 Å². The summed E-state index contributed by atoms with van der Waals surface area (Å²) in [5, 5.41) is 5.49. The minimum Gasteiger partial charge on any atom is -0.493 e. The zero-order valence-corrected chi connectivity index (χ0v) is 16.2. The van der Waals surface area contributed by atoms with Crippen LogP contribution in [-0.4, -0.2) is 44.7 Å². The summed E-state index contributed by atoms with van der Waals surface area (Å²) in [6, 6.07) is 11.6. The number of rotatable bonds is 8. The van der Waals surface area contributed by atoms with E-state index in [2.05, 4.69) is 10.6 Å². The van der Waals surface area contributed by atoms with E-state index in [9.17, 15) is 14.4 Å². The van der Waals surface area contributed by atoms with Crippen LogP contribution in [0.15, 0.2) is 42.5 Å². The number of carbonyl (C=O) groups excluding carboxylic acids is 3. The van der Waals surface area contributed by atoms with Crippen molar-refractivity contribution in [3.63, 3.8) is 0 Å². The molecule has 2 N–H and O–H groups in total. The highest BCUT2D eigenvalue weighted by atomic mass is 16.5. The number of carbonyl (C=O) groups is 3. The molecule has 1 aliphatic rings. The van der Waals surface area contributed by atoms with Gasteiger partial charge in [-0.05, 0) is 37.1 Å². The molecule has 0 atom stereocenters. The van der Waals surface area contributed by atoms with Gasteiger partial charge in [0.25, 0.3) is 11.8 Å². The van der Waals surface area contributed by atoms with Gasteiger partial charge in [-0.3, -0.25) is 9.59 Å². The van der Waals surface area contributed by atoms with E-state index < -0.39 is 18.5 Å². The van der Waals surface area contributed by atoms with Gasteiger partial charge in [0, 0.05) is 6.04 Å². The van der Waals surface area contributed by atoms with Crippen molar-refractivity contribution in [2.45, 2.75) is 18.9 Å². The Kier molecular flexibility index (Phi) is 6.33. The Morgan fingerprint density at radius 3 is 2.38 bits per heavy atom. The van der Waals surface area contributed by atoms with Crippen LogP contribution in [0.25, 0.3) is 0 Å². The molecule has 0 radical (unpaired) electrons. The topological polar surface area (TPSA) is 103 Å². The number of para-hydroxylation sites is 2. The standard InChI is InChI=1S/C21H22N2O6/c1-27-17-9-5-7-15(19(17)28-2)21(26)29-12-18(24)23-16-8-4-3-6-14(16)20(25)22-13-10-11-13/h3-9,13H,10-12H2,1-2H3,(H,22,25)(H,23,24). The molecule has 0 aliphatic heterocycles. The van der Waals surface area contributed by atoms with Crippen molar-refractivity contribution < 1.29 is 28.6 Å². The van der Waals surface area contributed by atoms with Crippen molar-refractivity contribution in [2.75, 3.05) is 26.1 Å². The normalized spacial score (nSPS) is 12.6. The zero-order chi connectivity index (χ0) is 20.8. The Labute approximate surface area is 168 Å². The SMILES string of the molecule is COc1cccc(C(=O)OCC(=O)Nc2ccccc2C(=O)NC2CC2)c1OC. The number of anilines is 1. The Morgan fingerprint density at radius 2 is 1.69 bits per heavy atom. The molecule has 1 saturated carbocycles. The lowest BCUT2D eigenvalue weighted by Crippen LogP contribution is -2.28. The van der Waals surface area contributed by atoms with Gasteiger partial charge in [-0.2, -0.15) is 0 Å². The van der Waals surface area contributed by atoms with Gasteiger partial charge in [0.05, 0.1) is 25.5 Å². The van der Waals surface area contributed by atoms with Crippen molar-refractivity contribution in [3.8, 4) is 11.5 Å². The summed E-state index contributed by atoms with van der Waals surface area (Å²) in [6.07, 6.45) is 1.92. The third kappa shape index (κ3) is 5.04. The summed E-state index contributed by atoms with van der Waals surface area (Å²) in [6.45, 7) is -0.516. The molecule has 0 spiro atoms. The fourth-order valence-electron chi connectivity index (χ4n) is 2.72. The molecule has 152 valence electrons. The summed E-state index contributed by atoms with van der Waals surface area (Å²) in [7, 11) is 2.86. The van der Waals surface area contributed by atoms with Crippen molar-refractivity contribution >= 4 is 23.5 Å². The number of ether oxygens (including phenoxy) is 3. The second-order valence-corrected chi connectivity index (χ2v) is 6.46. The molecule has 3 rings (SSSR count). The van der Waals surface area contributed by atoms with Gasteiger partial charge in [-0.15, -0.1) is 0 Å². The second-order valence-electron chi connectivity index (χ2n) is 6.46. The van der Waals surface area contributed by atoms with Gasteiger partial charge in [0.2, 0.25) is 0 Å². The largest absolute Gasteiger partial charge is 0.493 e. The van der Waals surface area contributed by atoms with E-state index in [-0.39, 0.29) is 23.3 Å². The molecule has 1 fully saturated rings. The monoisotopic (exact) mass is 398 g/mol. The number of amides is 2. The molecule has 8 nitrogen and oxygen atoms in total. The van der Waals surface area contributed by atoms with Crippen LogP contribution in [0.2, 0.25) is 0 Å². The second kappa shape index (κ2) is 9.09. The van der Waals surface area contributed by atoms with E-state index >= 15 is 0 Å². The fraction of sp³-hybridized carbons (Fsp3) is 0.286. The molecule has 0 bridgehead atoms. The average molecular weight is 398 g/mol. The summed E-state index contributed by atoms with van der Waals surface area (Å²) >= 11 is 0. The maximum atomic E-state index is 12.4. The van der Waals surface area contributed by atoms with Crippen molar-refractivity contribution in [1.29, 1.82) is 0 Å². The molecule has 2 amide bonds. The number of benzene rings is 2. The van der Waals surface area contributed by atoms with Crippen LogP contribution >= 0.6 is 0 Å². The van der Waals surface area contributed by atoms with Crippen LogP contribution < -0.4 is 20.1 Å².